The van der Waals surface area contributed by atoms with Gasteiger partial charge in [0.25, 0.3) is 0 Å². The zero-order valence-corrected chi connectivity index (χ0v) is 14.1. The second-order valence-corrected chi connectivity index (χ2v) is 8.20. The Morgan fingerprint density at radius 3 is 2.17 bits per heavy atom. The number of aliphatic hydroxyl groups excluding tert-OH is 6. The van der Waals surface area contributed by atoms with E-state index in [1.807, 2.05) is 13.8 Å². The van der Waals surface area contributed by atoms with E-state index in [0.29, 0.717) is 6.42 Å². The fraction of sp³-hybridized carbons (Fsp3) is 1.00. The van der Waals surface area contributed by atoms with Crippen molar-refractivity contribution in [1.82, 2.24) is 0 Å². The second kappa shape index (κ2) is 5.85. The zero-order chi connectivity index (χ0) is 18.0. The summed E-state index contributed by atoms with van der Waals surface area (Å²) in [6.45, 7) is 5.05. The highest BCUT2D eigenvalue weighted by atomic mass is 16.7. The molecule has 8 heteroatoms. The molecular formula is C16H28O8. The van der Waals surface area contributed by atoms with Crippen LogP contribution in [0.1, 0.15) is 27.2 Å². The number of hydrogen-bond donors (Lipinski definition) is 6. The molecule has 0 aromatic carbocycles. The Morgan fingerprint density at radius 1 is 1.00 bits per heavy atom. The fourth-order valence-electron chi connectivity index (χ4n) is 4.93. The van der Waals surface area contributed by atoms with Gasteiger partial charge in [0.1, 0.15) is 24.4 Å². The van der Waals surface area contributed by atoms with Crippen LogP contribution in [0.2, 0.25) is 0 Å². The lowest BCUT2D eigenvalue weighted by molar-refractivity contribution is -0.331. The van der Waals surface area contributed by atoms with Crippen LogP contribution in [-0.4, -0.2) is 86.3 Å². The van der Waals surface area contributed by atoms with Crippen molar-refractivity contribution in [3.05, 3.63) is 0 Å². The SMILES string of the molecule is CC1(C)C2CC(O)C(C)(C2O)C1OC1OC(CO)C(O)C(O)C1O. The lowest BCUT2D eigenvalue weighted by atomic mass is 9.68. The van der Waals surface area contributed by atoms with Gasteiger partial charge in [0, 0.05) is 5.41 Å². The smallest absolute Gasteiger partial charge is 0.187 e. The van der Waals surface area contributed by atoms with Crippen LogP contribution in [0.15, 0.2) is 0 Å². The molecule has 0 aromatic rings. The maximum atomic E-state index is 10.6. The van der Waals surface area contributed by atoms with Crippen LogP contribution in [0.25, 0.3) is 0 Å². The van der Waals surface area contributed by atoms with Gasteiger partial charge in [0.15, 0.2) is 6.29 Å². The Kier molecular flexibility index (Phi) is 4.50. The second-order valence-electron chi connectivity index (χ2n) is 8.20. The molecule has 1 aliphatic heterocycles. The molecule has 140 valence electrons. The summed E-state index contributed by atoms with van der Waals surface area (Å²) in [6.07, 6.45) is -8.48. The summed E-state index contributed by atoms with van der Waals surface area (Å²) in [7, 11) is 0. The molecule has 8 nitrogen and oxygen atoms in total. The normalized spacial score (nSPS) is 56.6. The van der Waals surface area contributed by atoms with E-state index in [1.165, 1.54) is 0 Å². The maximum absolute atomic E-state index is 10.6. The monoisotopic (exact) mass is 348 g/mol. The van der Waals surface area contributed by atoms with Gasteiger partial charge in [-0.05, 0) is 17.8 Å². The minimum Gasteiger partial charge on any atom is -0.394 e. The summed E-state index contributed by atoms with van der Waals surface area (Å²) >= 11 is 0. The summed E-state index contributed by atoms with van der Waals surface area (Å²) in [5.74, 6) is -0.160. The third-order valence-corrected chi connectivity index (χ3v) is 6.53. The summed E-state index contributed by atoms with van der Waals surface area (Å²) < 4.78 is 11.3. The van der Waals surface area contributed by atoms with Crippen LogP contribution in [0.3, 0.4) is 0 Å². The molecule has 24 heavy (non-hydrogen) atoms. The highest BCUT2D eigenvalue weighted by Crippen LogP contribution is 2.63. The van der Waals surface area contributed by atoms with Crippen molar-refractivity contribution in [2.24, 2.45) is 16.7 Å². The molecule has 0 spiro atoms. The predicted molar refractivity (Wildman–Crippen MR) is 80.6 cm³/mol. The van der Waals surface area contributed by atoms with Crippen LogP contribution in [0.4, 0.5) is 0 Å². The molecule has 1 saturated heterocycles. The lowest BCUT2D eigenvalue weighted by Crippen LogP contribution is -2.62. The topological polar surface area (TPSA) is 140 Å². The van der Waals surface area contributed by atoms with Crippen LogP contribution in [-0.2, 0) is 9.47 Å². The average Bonchev–Trinajstić information content (AvgIpc) is 2.83. The number of hydrogen-bond acceptors (Lipinski definition) is 8. The molecule has 3 rings (SSSR count). The van der Waals surface area contributed by atoms with Gasteiger partial charge in [0.05, 0.1) is 24.9 Å². The van der Waals surface area contributed by atoms with Crippen molar-refractivity contribution in [1.29, 1.82) is 0 Å². The number of ether oxygens (including phenoxy) is 2. The van der Waals surface area contributed by atoms with Crippen molar-refractivity contribution in [3.63, 3.8) is 0 Å². The highest BCUT2D eigenvalue weighted by Gasteiger charge is 2.70. The van der Waals surface area contributed by atoms with Crippen molar-refractivity contribution in [2.45, 2.75) is 76.2 Å². The molecule has 2 aliphatic carbocycles. The van der Waals surface area contributed by atoms with Gasteiger partial charge in [-0.25, -0.2) is 0 Å². The number of aliphatic hydroxyl groups is 6. The summed E-state index contributed by atoms with van der Waals surface area (Å²) in [5.41, 5.74) is -1.40. The van der Waals surface area contributed by atoms with Crippen molar-refractivity contribution in [3.8, 4) is 0 Å². The minimum absolute atomic E-state index is 0.160. The maximum Gasteiger partial charge on any atom is 0.187 e. The summed E-state index contributed by atoms with van der Waals surface area (Å²) in [5, 5.41) is 60.1. The molecule has 3 fully saturated rings. The molecule has 10 unspecified atom stereocenters. The molecule has 2 bridgehead atoms. The van der Waals surface area contributed by atoms with E-state index in [1.54, 1.807) is 6.92 Å². The van der Waals surface area contributed by atoms with Crippen LogP contribution >= 0.6 is 0 Å². The van der Waals surface area contributed by atoms with Gasteiger partial charge in [-0.2, -0.15) is 0 Å². The highest BCUT2D eigenvalue weighted by molar-refractivity contribution is 5.19. The van der Waals surface area contributed by atoms with Gasteiger partial charge in [-0.15, -0.1) is 0 Å². The number of rotatable bonds is 3. The average molecular weight is 348 g/mol. The van der Waals surface area contributed by atoms with Crippen LogP contribution in [0, 0.1) is 16.7 Å². The van der Waals surface area contributed by atoms with E-state index in [2.05, 4.69) is 0 Å². The third kappa shape index (κ3) is 2.29. The third-order valence-electron chi connectivity index (χ3n) is 6.53. The first kappa shape index (κ1) is 18.5. The Hall–Kier alpha value is -0.320. The fourth-order valence-corrected chi connectivity index (χ4v) is 4.93. The van der Waals surface area contributed by atoms with Gasteiger partial charge in [-0.3, -0.25) is 0 Å². The standard InChI is InChI=1S/C16H28O8/c1-15(2)6-4-8(18)16(3,12(6)22)14(15)24-13-11(21)10(20)9(19)7(5-17)23-13/h6-14,17-22H,4-5H2,1-3H3. The molecule has 0 radical (unpaired) electrons. The van der Waals surface area contributed by atoms with Gasteiger partial charge in [0.2, 0.25) is 0 Å². The lowest BCUT2D eigenvalue weighted by Gasteiger charge is -2.48. The van der Waals surface area contributed by atoms with Gasteiger partial charge >= 0.3 is 0 Å². The Labute approximate surface area is 140 Å². The molecule has 0 aromatic heterocycles. The van der Waals surface area contributed by atoms with Crippen molar-refractivity contribution >= 4 is 0 Å². The quantitative estimate of drug-likeness (QED) is 0.343. The first-order valence-electron chi connectivity index (χ1n) is 8.38. The Balaban J connectivity index is 1.84. The van der Waals surface area contributed by atoms with Crippen molar-refractivity contribution in [2.75, 3.05) is 6.61 Å². The molecule has 3 aliphatic rings. The molecule has 6 N–H and O–H groups in total. The first-order valence-corrected chi connectivity index (χ1v) is 8.38. The van der Waals surface area contributed by atoms with E-state index >= 15 is 0 Å². The molecule has 1 heterocycles. The molecule has 0 amide bonds. The minimum atomic E-state index is -1.52. The Morgan fingerprint density at radius 2 is 1.62 bits per heavy atom. The summed E-state index contributed by atoms with van der Waals surface area (Å²) in [6, 6.07) is 0. The van der Waals surface area contributed by atoms with Crippen LogP contribution < -0.4 is 0 Å². The largest absolute Gasteiger partial charge is 0.394 e. The summed E-state index contributed by atoms with van der Waals surface area (Å²) in [4.78, 5) is 0. The molecule has 10 atom stereocenters. The van der Waals surface area contributed by atoms with Crippen molar-refractivity contribution < 1.29 is 40.1 Å². The van der Waals surface area contributed by atoms with Crippen LogP contribution in [0.5, 0.6) is 0 Å². The van der Waals surface area contributed by atoms with Gasteiger partial charge < -0.3 is 40.1 Å². The van der Waals surface area contributed by atoms with Gasteiger partial charge in [-0.1, -0.05) is 20.8 Å². The molecular weight excluding hydrogens is 320 g/mol. The number of fused-ring (bicyclic) bond motifs is 2. The zero-order valence-electron chi connectivity index (χ0n) is 14.1. The van der Waals surface area contributed by atoms with E-state index in [9.17, 15) is 30.6 Å². The van der Waals surface area contributed by atoms with E-state index < -0.39 is 66.5 Å². The van der Waals surface area contributed by atoms with E-state index in [4.69, 9.17) is 9.47 Å². The van der Waals surface area contributed by atoms with E-state index in [0.717, 1.165) is 0 Å². The van der Waals surface area contributed by atoms with E-state index in [-0.39, 0.29) is 5.92 Å². The predicted octanol–water partition coefficient (Wildman–Crippen LogP) is -2.04. The molecule has 2 saturated carbocycles. The first-order chi connectivity index (χ1) is 11.1. The Bertz CT molecular complexity index is 483.